The molecule has 2 N–H and O–H groups in total. The van der Waals surface area contributed by atoms with E-state index in [4.69, 9.17) is 4.74 Å². The molecule has 0 spiro atoms. The molecular formula is C14H26IN3OS. The van der Waals surface area contributed by atoms with Crippen LogP contribution in [0.2, 0.25) is 0 Å². The van der Waals surface area contributed by atoms with Crippen molar-refractivity contribution >= 4 is 41.7 Å². The zero-order valence-corrected chi connectivity index (χ0v) is 15.5. The first-order valence-electron chi connectivity index (χ1n) is 7.03. The Kier molecular flexibility index (Phi) is 8.28. The number of halogens is 1. The Hall–Kier alpha value is 0.0500. The predicted molar refractivity (Wildman–Crippen MR) is 98.4 cm³/mol. The highest BCUT2D eigenvalue weighted by atomic mass is 127. The lowest BCUT2D eigenvalue weighted by Crippen LogP contribution is -2.49. The van der Waals surface area contributed by atoms with Gasteiger partial charge < -0.3 is 15.4 Å². The number of thioether (sulfide) groups is 1. The summed E-state index contributed by atoms with van der Waals surface area (Å²) >= 11 is 1.95. The molecule has 0 atom stereocenters. The van der Waals surface area contributed by atoms with Gasteiger partial charge in [0.15, 0.2) is 5.96 Å². The van der Waals surface area contributed by atoms with E-state index in [2.05, 4.69) is 34.0 Å². The van der Waals surface area contributed by atoms with E-state index < -0.39 is 0 Å². The van der Waals surface area contributed by atoms with Crippen LogP contribution in [0.15, 0.2) is 17.1 Å². The third kappa shape index (κ3) is 5.11. The molecule has 2 rings (SSSR count). The Morgan fingerprint density at radius 1 is 1.35 bits per heavy atom. The summed E-state index contributed by atoms with van der Waals surface area (Å²) < 4.78 is 5.77. The normalized spacial score (nSPS) is 22.4. The van der Waals surface area contributed by atoms with Crippen LogP contribution in [0.4, 0.5) is 0 Å². The second kappa shape index (κ2) is 9.15. The van der Waals surface area contributed by atoms with Gasteiger partial charge in [0.1, 0.15) is 0 Å². The maximum atomic E-state index is 5.47. The van der Waals surface area contributed by atoms with Crippen LogP contribution >= 0.6 is 35.7 Å². The molecule has 1 saturated heterocycles. The summed E-state index contributed by atoms with van der Waals surface area (Å²) in [5.41, 5.74) is 0. The first-order chi connectivity index (χ1) is 9.28. The molecule has 0 amide bonds. The number of guanidine groups is 1. The Morgan fingerprint density at radius 3 is 2.55 bits per heavy atom. The standard InChI is InChI=1S/C14H25N3OS.HI/c1-15-13(17-12-5-3-4-6-12)16-11-14(19-2)7-9-18-10-8-14;/h3-4,12H,5-11H2,1-2H3,(H2,15,16,17);1H. The average Bonchev–Trinajstić information content (AvgIpc) is 2.97. The van der Waals surface area contributed by atoms with Crippen LogP contribution in [0.25, 0.3) is 0 Å². The van der Waals surface area contributed by atoms with Gasteiger partial charge in [-0.1, -0.05) is 12.2 Å². The molecule has 2 aliphatic rings. The molecular weight excluding hydrogens is 385 g/mol. The summed E-state index contributed by atoms with van der Waals surface area (Å²) in [4.78, 5) is 4.33. The van der Waals surface area contributed by atoms with Gasteiger partial charge in [-0.3, -0.25) is 4.99 Å². The van der Waals surface area contributed by atoms with Gasteiger partial charge in [-0.2, -0.15) is 11.8 Å². The van der Waals surface area contributed by atoms with Gasteiger partial charge in [0.05, 0.1) is 0 Å². The minimum atomic E-state index is 0. The summed E-state index contributed by atoms with van der Waals surface area (Å²) in [5, 5.41) is 6.97. The van der Waals surface area contributed by atoms with Crippen molar-refractivity contribution in [3.63, 3.8) is 0 Å². The van der Waals surface area contributed by atoms with E-state index in [0.29, 0.717) is 10.8 Å². The molecule has 20 heavy (non-hydrogen) atoms. The number of rotatable bonds is 4. The van der Waals surface area contributed by atoms with Crippen molar-refractivity contribution in [1.82, 2.24) is 10.6 Å². The Balaban J connectivity index is 0.00000200. The monoisotopic (exact) mass is 411 g/mol. The number of hydrogen-bond acceptors (Lipinski definition) is 3. The van der Waals surface area contributed by atoms with Crippen molar-refractivity contribution in [2.75, 3.05) is 33.1 Å². The van der Waals surface area contributed by atoms with E-state index in [9.17, 15) is 0 Å². The molecule has 0 aromatic heterocycles. The molecule has 0 aromatic rings. The van der Waals surface area contributed by atoms with Crippen LogP contribution < -0.4 is 10.6 Å². The Bertz CT molecular complexity index is 335. The van der Waals surface area contributed by atoms with E-state index >= 15 is 0 Å². The minimum absolute atomic E-state index is 0. The van der Waals surface area contributed by atoms with Crippen molar-refractivity contribution in [1.29, 1.82) is 0 Å². The Labute approximate surface area is 143 Å². The molecule has 0 unspecified atom stereocenters. The van der Waals surface area contributed by atoms with Gasteiger partial charge in [-0.25, -0.2) is 0 Å². The molecule has 4 nitrogen and oxygen atoms in total. The highest BCUT2D eigenvalue weighted by molar-refractivity contribution is 14.0. The number of hydrogen-bond donors (Lipinski definition) is 2. The van der Waals surface area contributed by atoms with Gasteiger partial charge in [0.25, 0.3) is 0 Å². The van der Waals surface area contributed by atoms with Crippen molar-refractivity contribution in [3.8, 4) is 0 Å². The average molecular weight is 411 g/mol. The van der Waals surface area contributed by atoms with E-state index in [1.54, 1.807) is 0 Å². The van der Waals surface area contributed by atoms with Crippen LogP contribution in [0.3, 0.4) is 0 Å². The molecule has 0 radical (unpaired) electrons. The second-order valence-corrected chi connectivity index (χ2v) is 6.48. The first-order valence-corrected chi connectivity index (χ1v) is 8.25. The zero-order valence-electron chi connectivity index (χ0n) is 12.4. The molecule has 1 fully saturated rings. The van der Waals surface area contributed by atoms with Crippen molar-refractivity contribution < 1.29 is 4.74 Å². The van der Waals surface area contributed by atoms with Gasteiger partial charge in [0, 0.05) is 37.6 Å². The summed E-state index contributed by atoms with van der Waals surface area (Å²) in [6, 6.07) is 0.506. The molecule has 0 saturated carbocycles. The maximum Gasteiger partial charge on any atom is 0.191 e. The number of ether oxygens (including phenoxy) is 1. The van der Waals surface area contributed by atoms with Crippen LogP contribution in [0, 0.1) is 0 Å². The van der Waals surface area contributed by atoms with E-state index in [0.717, 1.165) is 51.4 Å². The number of nitrogens with zero attached hydrogens (tertiary/aromatic N) is 1. The van der Waals surface area contributed by atoms with Crippen molar-refractivity contribution in [2.24, 2.45) is 4.99 Å². The lowest BCUT2D eigenvalue weighted by molar-refractivity contribution is 0.0782. The highest BCUT2D eigenvalue weighted by Gasteiger charge is 2.31. The third-order valence-electron chi connectivity index (χ3n) is 3.99. The fourth-order valence-electron chi connectivity index (χ4n) is 2.56. The van der Waals surface area contributed by atoms with Crippen LogP contribution in [0.5, 0.6) is 0 Å². The SMILES string of the molecule is CN=C(NCC1(SC)CCOCC1)NC1CC=CC1.I. The van der Waals surface area contributed by atoms with E-state index in [1.807, 2.05) is 18.8 Å². The van der Waals surface area contributed by atoms with E-state index in [1.165, 1.54) is 0 Å². The van der Waals surface area contributed by atoms with Crippen LogP contribution in [-0.4, -0.2) is 49.8 Å². The summed E-state index contributed by atoms with van der Waals surface area (Å²) in [5.74, 6) is 0.925. The van der Waals surface area contributed by atoms with Crippen LogP contribution in [0.1, 0.15) is 25.7 Å². The topological polar surface area (TPSA) is 45.7 Å². The zero-order chi connectivity index (χ0) is 13.6. The molecule has 1 aliphatic heterocycles. The fraction of sp³-hybridized carbons (Fsp3) is 0.786. The van der Waals surface area contributed by atoms with Gasteiger partial charge >= 0.3 is 0 Å². The highest BCUT2D eigenvalue weighted by Crippen LogP contribution is 2.32. The van der Waals surface area contributed by atoms with E-state index in [-0.39, 0.29) is 24.0 Å². The minimum Gasteiger partial charge on any atom is -0.381 e. The lowest BCUT2D eigenvalue weighted by atomic mass is 9.99. The Morgan fingerprint density at radius 2 is 2.00 bits per heavy atom. The maximum absolute atomic E-state index is 5.47. The third-order valence-corrected chi connectivity index (χ3v) is 5.41. The smallest absolute Gasteiger partial charge is 0.191 e. The van der Waals surface area contributed by atoms with Gasteiger partial charge in [-0.05, 0) is 31.9 Å². The largest absolute Gasteiger partial charge is 0.381 e. The molecule has 0 bridgehead atoms. The molecule has 1 aliphatic carbocycles. The number of nitrogens with one attached hydrogen (secondary N) is 2. The summed E-state index contributed by atoms with van der Waals surface area (Å²) in [6.07, 6.45) is 11.1. The van der Waals surface area contributed by atoms with Crippen LogP contribution in [-0.2, 0) is 4.74 Å². The molecule has 1 heterocycles. The molecule has 0 aromatic carbocycles. The molecule has 116 valence electrons. The summed E-state index contributed by atoms with van der Waals surface area (Å²) in [6.45, 7) is 2.71. The lowest BCUT2D eigenvalue weighted by Gasteiger charge is -2.36. The first kappa shape index (κ1) is 18.1. The second-order valence-electron chi connectivity index (χ2n) is 5.21. The summed E-state index contributed by atoms with van der Waals surface area (Å²) in [7, 11) is 1.84. The van der Waals surface area contributed by atoms with Gasteiger partial charge in [0.2, 0.25) is 0 Å². The van der Waals surface area contributed by atoms with Crippen molar-refractivity contribution in [2.45, 2.75) is 36.5 Å². The fourth-order valence-corrected chi connectivity index (χ4v) is 3.36. The molecule has 6 heteroatoms. The predicted octanol–water partition coefficient (Wildman–Crippen LogP) is 2.40. The van der Waals surface area contributed by atoms with Crippen molar-refractivity contribution in [3.05, 3.63) is 12.2 Å². The quantitative estimate of drug-likeness (QED) is 0.323. The number of aliphatic imine (C=N–C) groups is 1. The van der Waals surface area contributed by atoms with Gasteiger partial charge in [-0.15, -0.1) is 24.0 Å².